The second kappa shape index (κ2) is 54.5. The standard InChI is InChI=1S/C44H33F15O12.C26H36O12.CH5FP2.CH3F/c45-26-29(48)35(54)41(36(55)30(26)49)69-23(62)9-12-65-17-44(15-21(60)7-4-8-22(61)68-16-20-5-2-1-3-6-20,18-66-13-10-24(63)70-42-37(56)31(50)27(46)32(51)38(42)57)19-67-14-11-25(64)71-43-39(58)33(52)28(47)34(53)40(43)59;27-21(7-4-8-25(34)38-16-20-5-2-1-3-6-20)15-26(17-35-12-9-22(28)29,18-36-13-10-23(30)31)19-37-14-11-24(32)33;1-3-4-2;1-2/h1-3,5-6H,4,7-19H2;1-3,5-6H,4,7-19H2,(H,28,29)(H,30,31)(H,32,33);3-4H,1H3;1H3/i;;;1D. The molecule has 24 nitrogen and oxygen atoms in total. The lowest BCUT2D eigenvalue weighted by molar-refractivity contribution is -0.146. The van der Waals surface area contributed by atoms with Crippen molar-refractivity contribution in [3.8, 4) is 17.2 Å². The van der Waals surface area contributed by atoms with Gasteiger partial charge in [0.1, 0.15) is 24.8 Å². The molecule has 0 saturated carbocycles. The predicted octanol–water partition coefficient (Wildman–Crippen LogP) is 13.6. The minimum Gasteiger partial charge on any atom is -0.481 e. The fourth-order valence-electron chi connectivity index (χ4n) is 9.24. The first-order valence-corrected chi connectivity index (χ1v) is 36.9. The fraction of sp³-hybridized carbons (Fsp3) is 0.444. The lowest BCUT2D eigenvalue weighted by Gasteiger charge is -2.33. The van der Waals surface area contributed by atoms with Gasteiger partial charge in [-0.2, -0.15) is 26.3 Å². The van der Waals surface area contributed by atoms with Crippen LogP contribution in [0, 0.1) is 98.1 Å². The SMILES string of the molecule is CPPF.O=C(CCCC(=O)OCc1ccccc1)CC(COCCC(=O)Oc1c(F)c(F)c(F)c(F)c1F)(COCCC(=O)Oc1c(F)c(F)c(F)c(F)c1F)COCCC(=O)Oc1c(F)c(F)c(F)c(F)c1F.O=C(O)CCOCC(COCCC(=O)O)(COCCC(=O)O)CC(=O)CCCC(=O)OCc1ccccc1.[2H]CF. The zero-order valence-electron chi connectivity index (χ0n) is 61.6. The highest BCUT2D eigenvalue weighted by Gasteiger charge is 2.38. The number of alkyl halides is 1. The van der Waals surface area contributed by atoms with Crippen LogP contribution in [-0.2, 0) is 99.1 Å². The van der Waals surface area contributed by atoms with Crippen LogP contribution in [0.5, 0.6) is 17.2 Å². The van der Waals surface area contributed by atoms with Gasteiger partial charge >= 0.3 is 47.8 Å². The number of Topliss-reactive ketones (excluding diaryl/α,β-unsaturated/α-hetero) is 2. The molecule has 2 atom stereocenters. The molecule has 5 rings (SSSR count). The van der Waals surface area contributed by atoms with Crippen molar-refractivity contribution in [3.05, 3.63) is 159 Å². The topological polar surface area (TPSA) is 333 Å². The van der Waals surface area contributed by atoms with Gasteiger partial charge in [-0.25, -0.2) is 43.7 Å². The largest absolute Gasteiger partial charge is 0.481 e. The fourth-order valence-corrected chi connectivity index (χ4v) is 9.24. The van der Waals surface area contributed by atoms with Crippen LogP contribution >= 0.6 is 16.8 Å². The van der Waals surface area contributed by atoms with Crippen molar-refractivity contribution in [2.75, 3.05) is 93.1 Å². The molecule has 43 heteroatoms. The van der Waals surface area contributed by atoms with E-state index in [4.69, 9.17) is 54.6 Å². The Hall–Kier alpha value is -9.37. The van der Waals surface area contributed by atoms with Gasteiger partial charge in [0, 0.05) is 49.4 Å². The van der Waals surface area contributed by atoms with Gasteiger partial charge in [0.15, 0.2) is 0 Å². The van der Waals surface area contributed by atoms with Gasteiger partial charge in [0.2, 0.25) is 105 Å². The molecule has 0 heterocycles. The smallest absolute Gasteiger partial charge is 0.313 e. The highest BCUT2D eigenvalue weighted by molar-refractivity contribution is 8.09. The molecule has 0 aromatic heterocycles. The summed E-state index contributed by atoms with van der Waals surface area (Å²) >= 11 is 0. The van der Waals surface area contributed by atoms with Crippen molar-refractivity contribution in [1.82, 2.24) is 0 Å². The van der Waals surface area contributed by atoms with Crippen LogP contribution in [-0.4, -0.2) is 168 Å². The van der Waals surface area contributed by atoms with Crippen molar-refractivity contribution in [3.63, 3.8) is 0 Å². The Kier molecular flexibility index (Phi) is 47.3. The van der Waals surface area contributed by atoms with Gasteiger partial charge in [-0.05, 0) is 30.6 Å². The predicted molar refractivity (Wildman–Crippen MR) is 366 cm³/mol. The summed E-state index contributed by atoms with van der Waals surface area (Å²) in [6.45, 7) is -4.05. The van der Waals surface area contributed by atoms with Crippen molar-refractivity contribution < 1.29 is 191 Å². The van der Waals surface area contributed by atoms with E-state index >= 15 is 0 Å². The number of esters is 5. The summed E-state index contributed by atoms with van der Waals surface area (Å²) in [6, 6.07) is 17.5. The van der Waals surface area contributed by atoms with E-state index in [2.05, 4.69) is 14.2 Å². The minimum absolute atomic E-state index is 0.0326. The van der Waals surface area contributed by atoms with Gasteiger partial charge in [-0.1, -0.05) is 68.9 Å². The third kappa shape index (κ3) is 37.4. The van der Waals surface area contributed by atoms with Crippen molar-refractivity contribution in [2.24, 2.45) is 10.8 Å². The van der Waals surface area contributed by atoms with E-state index in [1.165, 1.54) is 0 Å². The first-order valence-electron chi connectivity index (χ1n) is 34.2. The number of ketones is 2. The number of halogens is 17. The van der Waals surface area contributed by atoms with Crippen LogP contribution in [0.15, 0.2) is 60.7 Å². The van der Waals surface area contributed by atoms with Gasteiger partial charge in [-0.15, -0.1) is 0 Å². The molecule has 5 aromatic rings. The molecule has 0 saturated heterocycles. The molecule has 115 heavy (non-hydrogen) atoms. The molecule has 0 fully saturated rings. The first kappa shape index (κ1) is 99.8. The molecule has 0 amide bonds. The van der Waals surface area contributed by atoms with Crippen LogP contribution in [0.4, 0.5) is 74.4 Å². The van der Waals surface area contributed by atoms with E-state index in [-0.39, 0.29) is 125 Å². The summed E-state index contributed by atoms with van der Waals surface area (Å²) in [5.74, 6) is -53.8. The number of rotatable bonds is 50. The third-order valence-electron chi connectivity index (χ3n) is 14.7. The Morgan fingerprint density at radius 1 is 0.348 bits per heavy atom. The van der Waals surface area contributed by atoms with E-state index in [0.29, 0.717) is 13.8 Å². The highest BCUT2D eigenvalue weighted by atomic mass is 32.0. The Bertz CT molecular complexity index is 3670. The molecule has 0 aliphatic heterocycles. The maximum Gasteiger partial charge on any atom is 0.313 e. The van der Waals surface area contributed by atoms with Crippen molar-refractivity contribution in [2.45, 2.75) is 103 Å². The maximum absolute atomic E-state index is 14.1. The van der Waals surface area contributed by atoms with Gasteiger partial charge in [0.25, 0.3) is 0 Å². The molecule has 2 unspecified atom stereocenters. The first-order chi connectivity index (χ1) is 54.9. The summed E-state index contributed by atoms with van der Waals surface area (Å²) < 4.78 is 289. The molecule has 3 N–H and O–H groups in total. The average molecular weight is 1710 g/mol. The number of hydrogen-bond acceptors (Lipinski definition) is 21. The Morgan fingerprint density at radius 3 is 0.783 bits per heavy atom. The Morgan fingerprint density at radius 2 is 0.565 bits per heavy atom. The number of ether oxygens (including phenoxy) is 11. The normalized spacial score (nSPS) is 11.4. The molecule has 0 spiro atoms. The van der Waals surface area contributed by atoms with Gasteiger partial charge in [-0.3, -0.25) is 52.3 Å². The number of hydrogen-bond donors (Lipinski definition) is 3. The lowest BCUT2D eigenvalue weighted by Crippen LogP contribution is -2.40. The zero-order valence-corrected chi connectivity index (χ0v) is 62.6. The van der Waals surface area contributed by atoms with E-state index in [0.717, 1.165) is 5.56 Å². The maximum atomic E-state index is 14.1. The minimum atomic E-state index is -2.57. The van der Waals surface area contributed by atoms with E-state index in [9.17, 15) is 122 Å². The molecule has 0 bridgehead atoms. The summed E-state index contributed by atoms with van der Waals surface area (Å²) in [7, 11) is -0.830. The van der Waals surface area contributed by atoms with Crippen LogP contribution in [0.1, 0.15) is 102 Å². The summed E-state index contributed by atoms with van der Waals surface area (Å²) in [5.41, 5.74) is -1.56. The number of benzene rings is 5. The molecular formula is C72H77F17O24P2. The molecule has 5 aromatic carbocycles. The van der Waals surface area contributed by atoms with Crippen LogP contribution in [0.3, 0.4) is 0 Å². The molecule has 0 aliphatic rings. The molecule has 0 radical (unpaired) electrons. The number of carboxylic acid groups (broad SMARTS) is 3. The summed E-state index contributed by atoms with van der Waals surface area (Å²) in [6.07, 6.45) is -5.34. The monoisotopic (exact) mass is 1710 g/mol. The third-order valence-corrected chi connectivity index (χ3v) is 15.5. The Labute approximate surface area is 648 Å². The van der Waals surface area contributed by atoms with Crippen molar-refractivity contribution in [1.29, 1.82) is 0 Å². The van der Waals surface area contributed by atoms with Crippen LogP contribution in [0.25, 0.3) is 0 Å². The van der Waals surface area contributed by atoms with E-state index in [1.807, 2.05) is 37.0 Å². The Balaban J connectivity index is 0.000000849. The molecule has 0 aliphatic carbocycles. The van der Waals surface area contributed by atoms with E-state index in [1.54, 1.807) is 30.3 Å². The number of carbonyl (C=O) groups excluding carboxylic acids is 7. The van der Waals surface area contributed by atoms with Crippen LogP contribution in [0.2, 0.25) is 0 Å². The second-order valence-corrected chi connectivity index (χ2v) is 26.6. The molecular weight excluding hydrogens is 1630 g/mol. The van der Waals surface area contributed by atoms with Crippen LogP contribution < -0.4 is 14.2 Å². The quantitative estimate of drug-likeness (QED) is 0.00619. The number of carboxylic acids is 3. The highest BCUT2D eigenvalue weighted by Crippen LogP contribution is 2.35. The van der Waals surface area contributed by atoms with Gasteiger partial charge < -0.3 is 67.4 Å². The summed E-state index contributed by atoms with van der Waals surface area (Å²) in [4.78, 5) is 120. The lowest BCUT2D eigenvalue weighted by atomic mass is 9.84. The number of aliphatic carboxylic acids is 3. The van der Waals surface area contributed by atoms with E-state index < -0.39 is 248 Å². The summed E-state index contributed by atoms with van der Waals surface area (Å²) in [5, 5.41) is 26.6. The van der Waals surface area contributed by atoms with Gasteiger partial charge in [0.05, 0.1) is 135 Å². The number of carbonyl (C=O) groups is 10. The second-order valence-electron chi connectivity index (χ2n) is 23.9. The average Bonchev–Trinajstić information content (AvgIpc) is 0.805. The molecule has 638 valence electrons. The zero-order chi connectivity index (χ0) is 87.1. The van der Waals surface area contributed by atoms with Crippen molar-refractivity contribution >= 4 is 76.2 Å².